The first kappa shape index (κ1) is 49.3. The summed E-state index contributed by atoms with van der Waals surface area (Å²) in [5, 5.41) is 0. The van der Waals surface area contributed by atoms with E-state index in [9.17, 15) is 4.79 Å². The van der Waals surface area contributed by atoms with Crippen LogP contribution in [-0.2, 0) is 9.53 Å². The maximum Gasteiger partial charge on any atom is 1.00 e. The normalized spacial score (nSPS) is 10.5. The van der Waals surface area contributed by atoms with Gasteiger partial charge in [-0.05, 0) is 12.8 Å². The summed E-state index contributed by atoms with van der Waals surface area (Å²) in [5.41, 5.74) is 0. The maximum absolute atomic E-state index is 11.9. The van der Waals surface area contributed by atoms with E-state index in [2.05, 4.69) is 13.8 Å². The fourth-order valence-corrected chi connectivity index (χ4v) is 5.55. The molecule has 0 aliphatic rings. The topological polar surface area (TPSA) is 61.3 Å². The van der Waals surface area contributed by atoms with Crippen molar-refractivity contribution in [3.8, 4) is 0 Å². The first-order valence-corrected chi connectivity index (χ1v) is 18.0. The Balaban J connectivity index is -0.000000684. The number of esters is 1. The van der Waals surface area contributed by atoms with Gasteiger partial charge in [0.1, 0.15) is 0 Å². The third kappa shape index (κ3) is 46.0. The molecule has 0 spiro atoms. The van der Waals surface area contributed by atoms with Crippen LogP contribution in [0.3, 0.4) is 0 Å². The van der Waals surface area contributed by atoms with Crippen molar-refractivity contribution in [2.24, 2.45) is 0 Å². The Bertz CT molecular complexity index is 463. The van der Waals surface area contributed by atoms with Crippen molar-refractivity contribution in [1.82, 2.24) is 6.15 Å². The van der Waals surface area contributed by atoms with Gasteiger partial charge in [0.2, 0.25) is 0 Å². The van der Waals surface area contributed by atoms with E-state index in [0.717, 1.165) is 12.8 Å². The molecule has 0 aliphatic heterocycles. The van der Waals surface area contributed by atoms with Crippen molar-refractivity contribution in [3.63, 3.8) is 0 Å². The van der Waals surface area contributed by atoms with Crippen LogP contribution in [0.25, 0.3) is 0 Å². The molecule has 0 unspecified atom stereocenters. The summed E-state index contributed by atoms with van der Waals surface area (Å²) in [7, 11) is 0. The van der Waals surface area contributed by atoms with Crippen LogP contribution in [0.15, 0.2) is 0 Å². The molecule has 0 aromatic rings. The molecule has 0 radical (unpaired) electrons. The maximum atomic E-state index is 11.9. The second-order valence-electron chi connectivity index (χ2n) is 12.2. The fraction of sp³-hybridized carbons (Fsp3) is 0.972. The van der Waals surface area contributed by atoms with Crippen LogP contribution in [-0.4, -0.2) is 12.6 Å². The molecule has 3 nitrogen and oxygen atoms in total. The van der Waals surface area contributed by atoms with Gasteiger partial charge < -0.3 is 13.7 Å². The summed E-state index contributed by atoms with van der Waals surface area (Å²) in [5.74, 6) is 0.0284. The molecule has 0 bridgehead atoms. The molecular formula is C36H77NNa2O2. The van der Waals surface area contributed by atoms with E-state index < -0.39 is 0 Å². The van der Waals surface area contributed by atoms with Crippen molar-refractivity contribution in [3.05, 3.63) is 0 Å². The number of ether oxygens (including phenoxy) is 1. The van der Waals surface area contributed by atoms with Crippen LogP contribution in [0.2, 0.25) is 0 Å². The Morgan fingerprint density at radius 2 is 0.610 bits per heavy atom. The van der Waals surface area contributed by atoms with Gasteiger partial charge in [-0.25, -0.2) is 0 Å². The largest absolute Gasteiger partial charge is 1.00 e. The van der Waals surface area contributed by atoms with Crippen molar-refractivity contribution >= 4 is 5.97 Å². The quantitative estimate of drug-likeness (QED) is 0.0483. The van der Waals surface area contributed by atoms with Crippen molar-refractivity contribution in [2.75, 3.05) is 6.61 Å². The summed E-state index contributed by atoms with van der Waals surface area (Å²) in [6.07, 6.45) is 43.1. The molecule has 3 N–H and O–H groups in total. The van der Waals surface area contributed by atoms with Crippen LogP contribution >= 0.6 is 0 Å². The summed E-state index contributed by atoms with van der Waals surface area (Å²) in [4.78, 5) is 11.9. The van der Waals surface area contributed by atoms with Crippen molar-refractivity contribution < 1.29 is 71.5 Å². The minimum absolute atomic E-state index is 0. The third-order valence-electron chi connectivity index (χ3n) is 8.25. The summed E-state index contributed by atoms with van der Waals surface area (Å²) >= 11 is 0. The Kier molecular flexibility index (Phi) is 55.2. The minimum atomic E-state index is 0. The van der Waals surface area contributed by atoms with Gasteiger partial charge in [-0.3, -0.25) is 4.79 Å². The number of hydrogen-bond acceptors (Lipinski definition) is 3. The molecule has 41 heavy (non-hydrogen) atoms. The fourth-order valence-electron chi connectivity index (χ4n) is 5.55. The van der Waals surface area contributed by atoms with Crippen LogP contribution in [0.4, 0.5) is 0 Å². The van der Waals surface area contributed by atoms with E-state index in [1.54, 1.807) is 0 Å². The molecule has 0 aliphatic carbocycles. The van der Waals surface area contributed by atoms with Gasteiger partial charge >= 0.3 is 65.1 Å². The number of carbonyl (C=O) groups is 1. The molecule has 0 amide bonds. The molecule has 0 saturated carbocycles. The van der Waals surface area contributed by atoms with Gasteiger partial charge in [0.15, 0.2) is 0 Å². The number of rotatable bonds is 33. The molecule has 0 aromatic heterocycles. The van der Waals surface area contributed by atoms with Crippen LogP contribution in [0, 0.1) is 0 Å². The van der Waals surface area contributed by atoms with Crippen molar-refractivity contribution in [1.29, 1.82) is 0 Å². The molecule has 0 rings (SSSR count). The summed E-state index contributed by atoms with van der Waals surface area (Å²) in [6.45, 7) is 5.22. The average molecular weight is 602 g/mol. The molecule has 0 fully saturated rings. The Morgan fingerprint density at radius 1 is 0.390 bits per heavy atom. The third-order valence-corrected chi connectivity index (χ3v) is 8.25. The van der Waals surface area contributed by atoms with Crippen LogP contribution in [0.1, 0.15) is 222 Å². The van der Waals surface area contributed by atoms with Gasteiger partial charge in [-0.15, -0.1) is 0 Å². The van der Waals surface area contributed by atoms with Gasteiger partial charge in [-0.2, -0.15) is 0 Å². The minimum Gasteiger partial charge on any atom is -1.00 e. The first-order valence-electron chi connectivity index (χ1n) is 18.0. The zero-order valence-corrected chi connectivity index (χ0v) is 33.4. The van der Waals surface area contributed by atoms with E-state index >= 15 is 0 Å². The molecule has 0 heterocycles. The SMILES string of the molecule is CCCCCCCCCCCCCCCCCCOC(=O)CCCCCCCCCCCCCCCCC.N.[H-].[H-].[Na+].[Na+]. The van der Waals surface area contributed by atoms with Crippen LogP contribution in [0.5, 0.6) is 0 Å². The molecule has 5 heteroatoms. The van der Waals surface area contributed by atoms with E-state index in [1.165, 1.54) is 186 Å². The average Bonchev–Trinajstić information content (AvgIpc) is 2.92. The molecule has 0 saturated heterocycles. The summed E-state index contributed by atoms with van der Waals surface area (Å²) in [6, 6.07) is 0. The first-order chi connectivity index (χ1) is 18.8. The standard InChI is InChI=1S/C36H72O2.H3N.2Na.2H/c1-3-5-7-9-11-13-15-17-19-21-23-25-27-29-31-33-35-38-36(37)34-32-30-28-26-24-22-20-18-16-14-12-10-8-6-4-2;;;;;/h3-35H2,1-2H3;1H3;;;;/q;;2*+1;2*-1. The van der Waals surface area contributed by atoms with Gasteiger partial charge in [0.25, 0.3) is 0 Å². The van der Waals surface area contributed by atoms with E-state index in [-0.39, 0.29) is 74.1 Å². The van der Waals surface area contributed by atoms with E-state index in [1.807, 2.05) is 0 Å². The Morgan fingerprint density at radius 3 is 0.878 bits per heavy atom. The monoisotopic (exact) mass is 602 g/mol. The zero-order chi connectivity index (χ0) is 27.6. The van der Waals surface area contributed by atoms with E-state index in [0.29, 0.717) is 13.0 Å². The second-order valence-corrected chi connectivity index (χ2v) is 12.2. The summed E-state index contributed by atoms with van der Waals surface area (Å²) < 4.78 is 5.44. The Hall–Kier alpha value is 1.43. The van der Waals surface area contributed by atoms with Gasteiger partial charge in [-0.1, -0.05) is 200 Å². The number of hydrogen-bond donors (Lipinski definition) is 1. The number of carbonyl (C=O) groups excluding carboxylic acids is 1. The second kappa shape index (κ2) is 45.9. The van der Waals surface area contributed by atoms with Crippen LogP contribution < -0.4 is 65.3 Å². The smallest absolute Gasteiger partial charge is 1.00 e. The zero-order valence-electron chi connectivity index (χ0n) is 31.4. The van der Waals surface area contributed by atoms with Crippen molar-refractivity contribution in [2.45, 2.75) is 219 Å². The molecule has 0 atom stereocenters. The molecular weight excluding hydrogens is 524 g/mol. The van der Waals surface area contributed by atoms with Gasteiger partial charge in [0, 0.05) is 6.42 Å². The predicted octanol–water partition coefficient (Wildman–Crippen LogP) is 7.45. The Labute approximate surface area is 307 Å². The van der Waals surface area contributed by atoms with E-state index in [4.69, 9.17) is 4.74 Å². The predicted molar refractivity (Wildman–Crippen MR) is 177 cm³/mol. The molecule has 240 valence electrons. The molecule has 0 aromatic carbocycles. The van der Waals surface area contributed by atoms with Gasteiger partial charge in [0.05, 0.1) is 6.61 Å². The number of unbranched alkanes of at least 4 members (excludes halogenated alkanes) is 29.